The summed E-state index contributed by atoms with van der Waals surface area (Å²) < 4.78 is 6.04. The molecule has 1 atom stereocenters. The number of halogens is 1. The Kier molecular flexibility index (Phi) is 6.70. The number of benzene rings is 1. The Morgan fingerprint density at radius 1 is 1.09 bits per heavy atom. The van der Waals surface area contributed by atoms with Gasteiger partial charge in [0.25, 0.3) is 5.24 Å². The highest BCUT2D eigenvalue weighted by Crippen LogP contribution is 2.43. The van der Waals surface area contributed by atoms with Crippen LogP contribution in [0.5, 0.6) is 5.75 Å². The van der Waals surface area contributed by atoms with Gasteiger partial charge in [-0.25, -0.2) is 0 Å². The Balaban J connectivity index is 3.53. The van der Waals surface area contributed by atoms with Gasteiger partial charge in [-0.05, 0) is 53.3 Å². The molecule has 130 valence electrons. The van der Waals surface area contributed by atoms with Crippen molar-refractivity contribution >= 4 is 16.8 Å². The zero-order valence-electron chi connectivity index (χ0n) is 15.6. The van der Waals surface area contributed by atoms with Gasteiger partial charge in [0.1, 0.15) is 5.75 Å². The molecule has 1 rings (SSSR count). The Morgan fingerprint density at radius 3 is 2.09 bits per heavy atom. The number of carbonyl (C=O) groups excluding carboxylic acids is 1. The van der Waals surface area contributed by atoms with Gasteiger partial charge in [0.05, 0.1) is 0 Å². The normalized spacial score (nSPS) is 13.7. The van der Waals surface area contributed by atoms with Gasteiger partial charge in [-0.1, -0.05) is 60.6 Å². The van der Waals surface area contributed by atoms with Crippen LogP contribution in [0.4, 0.5) is 0 Å². The van der Waals surface area contributed by atoms with Gasteiger partial charge in [0.15, 0.2) is 6.10 Å². The fourth-order valence-corrected chi connectivity index (χ4v) is 2.90. The van der Waals surface area contributed by atoms with Crippen LogP contribution in [0.25, 0.3) is 0 Å². The van der Waals surface area contributed by atoms with E-state index < -0.39 is 11.3 Å². The summed E-state index contributed by atoms with van der Waals surface area (Å²) in [7, 11) is 0. The molecule has 0 saturated carbocycles. The van der Waals surface area contributed by atoms with Gasteiger partial charge in [-0.2, -0.15) is 0 Å². The Bertz CT molecular complexity index is 547. The van der Waals surface area contributed by atoms with E-state index in [1.54, 1.807) is 0 Å². The minimum Gasteiger partial charge on any atom is -0.481 e. The summed E-state index contributed by atoms with van der Waals surface area (Å²) in [4.78, 5) is 11.6. The van der Waals surface area contributed by atoms with Gasteiger partial charge in [0, 0.05) is 5.56 Å². The molecule has 1 aromatic rings. The van der Waals surface area contributed by atoms with E-state index in [1.165, 1.54) is 11.1 Å². The molecule has 0 spiro atoms. The predicted octanol–water partition coefficient (Wildman–Crippen LogP) is 5.98. The first-order valence-corrected chi connectivity index (χ1v) is 8.98. The largest absolute Gasteiger partial charge is 0.481 e. The third-order valence-corrected chi connectivity index (χ3v) is 5.34. The van der Waals surface area contributed by atoms with Gasteiger partial charge >= 0.3 is 0 Å². The van der Waals surface area contributed by atoms with Crippen LogP contribution >= 0.6 is 11.6 Å². The molecule has 0 aliphatic carbocycles. The first kappa shape index (κ1) is 20.0. The van der Waals surface area contributed by atoms with Crippen molar-refractivity contribution in [3.05, 3.63) is 29.3 Å². The fraction of sp³-hybridized carbons (Fsp3) is 0.650. The topological polar surface area (TPSA) is 26.3 Å². The number of rotatable bonds is 8. The van der Waals surface area contributed by atoms with Crippen LogP contribution in [0.15, 0.2) is 18.2 Å². The molecule has 0 saturated heterocycles. The average Bonchev–Trinajstić information content (AvgIpc) is 2.51. The summed E-state index contributed by atoms with van der Waals surface area (Å²) in [5.74, 6) is 0.789. The molecule has 0 aliphatic heterocycles. The smallest absolute Gasteiger partial charge is 0.262 e. The second-order valence-electron chi connectivity index (χ2n) is 7.47. The summed E-state index contributed by atoms with van der Waals surface area (Å²) in [5, 5.41) is -0.437. The van der Waals surface area contributed by atoms with E-state index in [0.29, 0.717) is 6.42 Å². The SMILES string of the molecule is CCC(Oc1cccc(C(C)(C)CC)c1C(C)(C)CC)C(=O)Cl. The van der Waals surface area contributed by atoms with E-state index in [4.69, 9.17) is 16.3 Å². The first-order valence-electron chi connectivity index (χ1n) is 8.60. The molecular formula is C20H31ClO2. The maximum absolute atomic E-state index is 11.6. The Labute approximate surface area is 146 Å². The molecule has 3 heteroatoms. The van der Waals surface area contributed by atoms with Crippen LogP contribution in [0.3, 0.4) is 0 Å². The van der Waals surface area contributed by atoms with Crippen molar-refractivity contribution in [2.75, 3.05) is 0 Å². The summed E-state index contributed by atoms with van der Waals surface area (Å²) in [6.07, 6.45) is 2.00. The third kappa shape index (κ3) is 4.50. The van der Waals surface area contributed by atoms with Crippen LogP contribution in [-0.2, 0) is 15.6 Å². The van der Waals surface area contributed by atoms with E-state index in [-0.39, 0.29) is 10.8 Å². The van der Waals surface area contributed by atoms with E-state index >= 15 is 0 Å². The van der Waals surface area contributed by atoms with Crippen LogP contribution in [0.1, 0.15) is 78.9 Å². The number of ether oxygens (including phenoxy) is 1. The summed E-state index contributed by atoms with van der Waals surface area (Å²) in [6, 6.07) is 6.17. The molecule has 1 unspecified atom stereocenters. The number of carbonyl (C=O) groups is 1. The number of hydrogen-bond donors (Lipinski definition) is 0. The highest BCUT2D eigenvalue weighted by molar-refractivity contribution is 6.64. The molecule has 0 radical (unpaired) electrons. The summed E-state index contributed by atoms with van der Waals surface area (Å²) in [5.41, 5.74) is 2.51. The second-order valence-corrected chi connectivity index (χ2v) is 7.84. The maximum atomic E-state index is 11.6. The zero-order valence-corrected chi connectivity index (χ0v) is 16.4. The molecule has 0 fully saturated rings. The van der Waals surface area contributed by atoms with Crippen LogP contribution in [0.2, 0.25) is 0 Å². The predicted molar refractivity (Wildman–Crippen MR) is 98.6 cm³/mol. The molecule has 0 aromatic heterocycles. The lowest BCUT2D eigenvalue weighted by Gasteiger charge is -2.35. The van der Waals surface area contributed by atoms with Crippen molar-refractivity contribution in [1.82, 2.24) is 0 Å². The molecule has 0 amide bonds. The monoisotopic (exact) mass is 338 g/mol. The quantitative estimate of drug-likeness (QED) is 0.544. The van der Waals surface area contributed by atoms with E-state index in [9.17, 15) is 4.79 Å². The zero-order chi connectivity index (χ0) is 17.8. The van der Waals surface area contributed by atoms with Gasteiger partial charge < -0.3 is 4.74 Å². The maximum Gasteiger partial charge on any atom is 0.262 e. The fourth-order valence-electron chi connectivity index (χ4n) is 2.70. The van der Waals surface area contributed by atoms with Crippen LogP contribution < -0.4 is 4.74 Å². The van der Waals surface area contributed by atoms with Crippen molar-refractivity contribution in [2.24, 2.45) is 0 Å². The summed E-state index contributed by atoms with van der Waals surface area (Å²) >= 11 is 5.69. The molecular weight excluding hydrogens is 308 g/mol. The lowest BCUT2D eigenvalue weighted by atomic mass is 9.71. The van der Waals surface area contributed by atoms with E-state index in [0.717, 1.165) is 18.6 Å². The van der Waals surface area contributed by atoms with E-state index in [2.05, 4.69) is 47.6 Å². The highest BCUT2D eigenvalue weighted by atomic mass is 35.5. The molecule has 0 heterocycles. The van der Waals surface area contributed by atoms with Crippen LogP contribution in [0, 0.1) is 0 Å². The molecule has 23 heavy (non-hydrogen) atoms. The molecule has 2 nitrogen and oxygen atoms in total. The molecule has 0 bridgehead atoms. The van der Waals surface area contributed by atoms with Crippen molar-refractivity contribution in [2.45, 2.75) is 84.7 Å². The van der Waals surface area contributed by atoms with Gasteiger partial charge in [-0.15, -0.1) is 0 Å². The lowest BCUT2D eigenvalue weighted by Crippen LogP contribution is -2.29. The van der Waals surface area contributed by atoms with Crippen molar-refractivity contribution in [3.63, 3.8) is 0 Å². The highest BCUT2D eigenvalue weighted by Gasteiger charge is 2.32. The molecule has 1 aromatic carbocycles. The minimum absolute atomic E-state index is 0.0357. The Morgan fingerprint density at radius 2 is 1.65 bits per heavy atom. The first-order chi connectivity index (χ1) is 10.6. The Hall–Kier alpha value is -1.02. The van der Waals surface area contributed by atoms with Crippen molar-refractivity contribution < 1.29 is 9.53 Å². The van der Waals surface area contributed by atoms with Crippen molar-refractivity contribution in [1.29, 1.82) is 0 Å². The van der Waals surface area contributed by atoms with Crippen molar-refractivity contribution in [3.8, 4) is 5.75 Å². The minimum atomic E-state index is -0.594. The second kappa shape index (κ2) is 7.70. The molecule has 0 N–H and O–H groups in total. The standard InChI is InChI=1S/C20H31ClO2/c1-8-15(18(21)22)23-16-13-11-12-14(19(4,5)9-2)17(16)20(6,7)10-3/h11-13,15H,8-10H2,1-7H3. The van der Waals surface area contributed by atoms with Gasteiger partial charge in [-0.3, -0.25) is 4.79 Å². The third-order valence-electron chi connectivity index (χ3n) is 5.09. The number of hydrogen-bond acceptors (Lipinski definition) is 2. The van der Waals surface area contributed by atoms with Crippen LogP contribution in [-0.4, -0.2) is 11.3 Å². The summed E-state index contributed by atoms with van der Waals surface area (Å²) in [6.45, 7) is 15.3. The van der Waals surface area contributed by atoms with Gasteiger partial charge in [0.2, 0.25) is 0 Å². The van der Waals surface area contributed by atoms with E-state index in [1.807, 2.05) is 19.1 Å². The average molecular weight is 339 g/mol. The lowest BCUT2D eigenvalue weighted by molar-refractivity contribution is -0.118. The molecule has 0 aliphatic rings.